The van der Waals surface area contributed by atoms with Crippen molar-refractivity contribution in [3.63, 3.8) is 0 Å². The number of halogens is 6. The molecule has 6 nitrogen and oxygen atoms in total. The van der Waals surface area contributed by atoms with E-state index < -0.39 is 31.3 Å². The molecular weight excluding hydrogens is 377 g/mol. The molecule has 0 heterocycles. The molecule has 0 spiro atoms. The van der Waals surface area contributed by atoms with E-state index in [4.69, 9.17) is 25.9 Å². The maximum absolute atomic E-state index is 10.7. The average molecular weight is 377 g/mol. The molecular formula is C2F6O6S2Se. The summed E-state index contributed by atoms with van der Waals surface area (Å²) in [6.07, 6.45) is 0. The predicted octanol–water partition coefficient (Wildman–Crippen LogP) is -0.278. The van der Waals surface area contributed by atoms with E-state index in [2.05, 4.69) is 0 Å². The molecule has 0 atom stereocenters. The zero-order valence-electron chi connectivity index (χ0n) is 6.94. The van der Waals surface area contributed by atoms with Crippen LogP contribution in [0.15, 0.2) is 0 Å². The van der Waals surface area contributed by atoms with Crippen molar-refractivity contribution >= 4 is 37.3 Å². The molecule has 104 valence electrons. The molecule has 0 bridgehead atoms. The van der Waals surface area contributed by atoms with Gasteiger partial charge >= 0.3 is 28.1 Å². The minimum atomic E-state index is -6.09. The van der Waals surface area contributed by atoms with E-state index in [-0.39, 0.29) is 17.1 Å². The van der Waals surface area contributed by atoms with Gasteiger partial charge in [0, 0.05) is 0 Å². The summed E-state index contributed by atoms with van der Waals surface area (Å²) in [5.41, 5.74) is -11.3. The van der Waals surface area contributed by atoms with Crippen LogP contribution in [0.5, 0.6) is 0 Å². The van der Waals surface area contributed by atoms with Gasteiger partial charge in [-0.3, -0.25) is 0 Å². The SMILES string of the molecule is O=S(=O)([O-])C(F)(F)F.O=S(=O)([O-])C(F)(F)F.[Se+2]. The van der Waals surface area contributed by atoms with Gasteiger partial charge in [0.25, 0.3) is 0 Å². The summed E-state index contributed by atoms with van der Waals surface area (Å²) in [7, 11) is -12.2. The maximum Gasteiger partial charge on any atom is 2.00 e. The second kappa shape index (κ2) is 6.19. The van der Waals surface area contributed by atoms with Crippen LogP contribution in [0.25, 0.3) is 0 Å². The van der Waals surface area contributed by atoms with Gasteiger partial charge in [-0.2, -0.15) is 26.3 Å². The Kier molecular flexibility index (Phi) is 8.06. The number of hydrogen-bond acceptors (Lipinski definition) is 6. The largest absolute Gasteiger partial charge is 2.00 e. The molecule has 0 N–H and O–H groups in total. The smallest absolute Gasteiger partial charge is 0.741 e. The van der Waals surface area contributed by atoms with Crippen LogP contribution in [0.4, 0.5) is 26.3 Å². The van der Waals surface area contributed by atoms with Gasteiger partial charge < -0.3 is 9.11 Å². The molecule has 0 rings (SSSR count). The van der Waals surface area contributed by atoms with E-state index >= 15 is 0 Å². The molecule has 0 aromatic rings. The molecule has 0 aliphatic rings. The Morgan fingerprint density at radius 2 is 0.706 bits per heavy atom. The fourth-order valence-corrected chi connectivity index (χ4v) is 0. The molecule has 0 aliphatic carbocycles. The molecule has 0 aromatic heterocycles. The van der Waals surface area contributed by atoms with E-state index in [1.807, 2.05) is 0 Å². The maximum atomic E-state index is 10.7. The fraction of sp³-hybridized carbons (Fsp3) is 1.00. The minimum absolute atomic E-state index is 0. The third-order valence-corrected chi connectivity index (χ3v) is 1.70. The van der Waals surface area contributed by atoms with Crippen molar-refractivity contribution in [2.24, 2.45) is 0 Å². The van der Waals surface area contributed by atoms with Gasteiger partial charge in [0.2, 0.25) is 0 Å². The van der Waals surface area contributed by atoms with Gasteiger partial charge in [0.1, 0.15) is 0 Å². The summed E-state index contributed by atoms with van der Waals surface area (Å²) in [6.45, 7) is 0. The van der Waals surface area contributed by atoms with Crippen LogP contribution < -0.4 is 0 Å². The Hall–Kier alpha value is -0.0805. The zero-order chi connectivity index (χ0) is 14.0. The third-order valence-electron chi connectivity index (χ3n) is 0.567. The van der Waals surface area contributed by atoms with Crippen molar-refractivity contribution < 1.29 is 52.3 Å². The van der Waals surface area contributed by atoms with Crippen molar-refractivity contribution in [1.29, 1.82) is 0 Å². The van der Waals surface area contributed by atoms with Crippen LogP contribution >= 0.6 is 0 Å². The standard InChI is InChI=1S/2CHF3O3S.Se/c2*2-1(3,4)8(5,6)7;/h2*(H,5,6,7);/q;;+2/p-2. The Balaban J connectivity index is -0.000000218. The van der Waals surface area contributed by atoms with E-state index in [0.717, 1.165) is 0 Å². The van der Waals surface area contributed by atoms with Gasteiger partial charge in [-0.15, -0.1) is 0 Å². The van der Waals surface area contributed by atoms with E-state index in [9.17, 15) is 26.3 Å². The first-order chi connectivity index (χ1) is 6.50. The summed E-state index contributed by atoms with van der Waals surface area (Å²) >= 11 is 0. The molecule has 0 saturated heterocycles. The summed E-state index contributed by atoms with van der Waals surface area (Å²) < 4.78 is 118. The van der Waals surface area contributed by atoms with Gasteiger partial charge in [-0.05, 0) is 0 Å². The molecule has 15 heteroatoms. The van der Waals surface area contributed by atoms with Crippen molar-refractivity contribution in [2.75, 3.05) is 0 Å². The van der Waals surface area contributed by atoms with Gasteiger partial charge in [-0.25, -0.2) is 16.8 Å². The van der Waals surface area contributed by atoms with Gasteiger partial charge in [-0.1, -0.05) is 0 Å². The van der Waals surface area contributed by atoms with Crippen molar-refractivity contribution in [1.82, 2.24) is 0 Å². The second-order valence-electron chi connectivity index (χ2n) is 1.80. The van der Waals surface area contributed by atoms with E-state index in [1.54, 1.807) is 0 Å². The molecule has 4 radical (unpaired) electrons. The molecule has 0 amide bonds. The molecule has 0 aromatic carbocycles. The van der Waals surface area contributed by atoms with Crippen LogP contribution in [-0.2, 0) is 20.2 Å². The predicted molar refractivity (Wildman–Crippen MR) is 37.3 cm³/mol. The molecule has 17 heavy (non-hydrogen) atoms. The first kappa shape index (κ1) is 22.1. The monoisotopic (exact) mass is 378 g/mol. The Labute approximate surface area is 101 Å². The van der Waals surface area contributed by atoms with Gasteiger partial charge in [0.05, 0.1) is 0 Å². The first-order valence-electron chi connectivity index (χ1n) is 2.54. The van der Waals surface area contributed by atoms with Crippen LogP contribution in [0.2, 0.25) is 0 Å². The quantitative estimate of drug-likeness (QED) is 0.248. The van der Waals surface area contributed by atoms with Crippen molar-refractivity contribution in [3.8, 4) is 0 Å². The normalized spacial score (nSPS) is 13.2. The molecule has 0 aliphatic heterocycles. The van der Waals surface area contributed by atoms with Crippen molar-refractivity contribution in [3.05, 3.63) is 0 Å². The molecule has 0 fully saturated rings. The Morgan fingerprint density at radius 1 is 0.647 bits per heavy atom. The Bertz CT molecular complexity index is 374. The fourth-order valence-electron chi connectivity index (χ4n) is 0. The third kappa shape index (κ3) is 9.61. The number of hydrogen-bond donors (Lipinski definition) is 0. The van der Waals surface area contributed by atoms with Crippen LogP contribution in [0, 0.1) is 0 Å². The average Bonchev–Trinajstić information content (AvgIpc) is 1.77. The zero-order valence-corrected chi connectivity index (χ0v) is 10.3. The summed E-state index contributed by atoms with van der Waals surface area (Å²) in [5.74, 6) is 0. The van der Waals surface area contributed by atoms with Crippen molar-refractivity contribution in [2.45, 2.75) is 11.0 Å². The first-order valence-corrected chi connectivity index (χ1v) is 5.36. The minimum Gasteiger partial charge on any atom is -0.741 e. The van der Waals surface area contributed by atoms with Crippen LogP contribution in [0.3, 0.4) is 0 Å². The Morgan fingerprint density at radius 3 is 0.706 bits per heavy atom. The van der Waals surface area contributed by atoms with E-state index in [1.165, 1.54) is 0 Å². The summed E-state index contributed by atoms with van der Waals surface area (Å²) in [5, 5.41) is 0. The molecule has 0 saturated carbocycles. The van der Waals surface area contributed by atoms with E-state index in [0.29, 0.717) is 0 Å². The van der Waals surface area contributed by atoms with Crippen LogP contribution in [-0.4, -0.2) is 54.0 Å². The summed E-state index contributed by atoms with van der Waals surface area (Å²) in [6, 6.07) is 0. The topological polar surface area (TPSA) is 114 Å². The van der Waals surface area contributed by atoms with Crippen LogP contribution in [0.1, 0.15) is 0 Å². The number of alkyl halides is 6. The summed E-state index contributed by atoms with van der Waals surface area (Å²) in [4.78, 5) is 0. The molecule has 0 unspecified atom stereocenters. The number of rotatable bonds is 0. The second-order valence-corrected chi connectivity index (χ2v) is 4.54. The van der Waals surface area contributed by atoms with Gasteiger partial charge in [0.15, 0.2) is 20.2 Å².